The summed E-state index contributed by atoms with van der Waals surface area (Å²) in [4.78, 5) is 23.8. The molecule has 0 N–H and O–H groups in total. The largest absolute Gasteiger partial charge is 1.00 e. The fourth-order valence-electron chi connectivity index (χ4n) is 1.92. The molecular weight excluding hydrogens is 326 g/mol. The van der Waals surface area contributed by atoms with Gasteiger partial charge in [0.25, 0.3) is 0 Å². The number of piperazine rings is 1. The molecular formula is C13H16K2N2O4. The van der Waals surface area contributed by atoms with Crippen molar-refractivity contribution < 1.29 is 123 Å². The van der Waals surface area contributed by atoms with Crippen molar-refractivity contribution in [2.24, 2.45) is 0 Å². The average Bonchev–Trinajstić information content (AvgIpc) is 2.39. The van der Waals surface area contributed by atoms with E-state index in [0.29, 0.717) is 0 Å². The van der Waals surface area contributed by atoms with Crippen LogP contribution in [-0.2, 0) is 0 Å². The van der Waals surface area contributed by atoms with Crippen molar-refractivity contribution >= 4 is 18.1 Å². The molecule has 0 amide bonds. The molecule has 8 heteroatoms. The van der Waals surface area contributed by atoms with Crippen LogP contribution in [0.2, 0.25) is 0 Å². The molecule has 0 atom stereocenters. The predicted molar refractivity (Wildman–Crippen MR) is 66.9 cm³/mol. The molecule has 0 bridgehead atoms. The van der Waals surface area contributed by atoms with E-state index in [2.05, 4.69) is 16.8 Å². The maximum Gasteiger partial charge on any atom is 1.00 e. The number of likely N-dealkylation sites (N-methyl/N-ethyl adjacent to an activating group) is 1. The molecule has 0 spiro atoms. The monoisotopic (exact) mass is 342 g/mol. The van der Waals surface area contributed by atoms with Crippen LogP contribution in [0.5, 0.6) is 0 Å². The summed E-state index contributed by atoms with van der Waals surface area (Å²) in [5.74, 6) is 0. The van der Waals surface area contributed by atoms with E-state index in [1.54, 1.807) is 0 Å². The molecule has 0 unspecified atom stereocenters. The van der Waals surface area contributed by atoms with Gasteiger partial charge in [0.15, 0.2) is 6.29 Å². The first-order valence-electron chi connectivity index (χ1n) is 5.90. The van der Waals surface area contributed by atoms with E-state index < -0.39 is 6.16 Å². The summed E-state index contributed by atoms with van der Waals surface area (Å²) in [5.41, 5.74) is 1.86. The van der Waals surface area contributed by atoms with Gasteiger partial charge in [-0.15, -0.1) is 0 Å². The van der Waals surface area contributed by atoms with Crippen molar-refractivity contribution in [1.29, 1.82) is 0 Å². The number of nitrogens with zero attached hydrogens (tertiary/aromatic N) is 2. The van der Waals surface area contributed by atoms with Gasteiger partial charge < -0.3 is 24.8 Å². The second kappa shape index (κ2) is 13.6. The summed E-state index contributed by atoms with van der Waals surface area (Å²) in [7, 11) is 2.13. The number of hydrogen-bond acceptors (Lipinski definition) is 6. The van der Waals surface area contributed by atoms with Crippen LogP contribution in [0.1, 0.15) is 10.4 Å². The number of para-hydroxylation sites is 1. The van der Waals surface area contributed by atoms with Gasteiger partial charge in [-0.2, -0.15) is 0 Å². The Kier molecular flexibility index (Phi) is 15.8. The number of carbonyl (C=O) groups excluding carboxylic acids is 2. The van der Waals surface area contributed by atoms with Crippen molar-refractivity contribution in [3.8, 4) is 0 Å². The van der Waals surface area contributed by atoms with Crippen molar-refractivity contribution in [2.45, 2.75) is 0 Å². The Morgan fingerprint density at radius 2 is 1.57 bits per heavy atom. The van der Waals surface area contributed by atoms with E-state index in [-0.39, 0.29) is 103 Å². The number of carboxylic acid groups (broad SMARTS) is 2. The normalized spacial score (nSPS) is 13.9. The number of carbonyl (C=O) groups is 2. The van der Waals surface area contributed by atoms with Crippen LogP contribution in [0.3, 0.4) is 0 Å². The molecule has 0 radical (unpaired) electrons. The first-order valence-corrected chi connectivity index (χ1v) is 5.90. The van der Waals surface area contributed by atoms with Gasteiger partial charge in [-0.05, 0) is 25.3 Å². The van der Waals surface area contributed by atoms with Crippen molar-refractivity contribution in [2.75, 3.05) is 38.1 Å². The maximum atomic E-state index is 10.9. The van der Waals surface area contributed by atoms with E-state index in [9.17, 15) is 4.79 Å². The minimum absolute atomic E-state index is 0. The third-order valence-corrected chi connectivity index (χ3v) is 2.91. The number of aldehydes is 1. The third kappa shape index (κ3) is 9.82. The van der Waals surface area contributed by atoms with Crippen LogP contribution >= 0.6 is 0 Å². The van der Waals surface area contributed by atoms with Crippen molar-refractivity contribution in [3.05, 3.63) is 29.8 Å². The van der Waals surface area contributed by atoms with Gasteiger partial charge in [0.2, 0.25) is 0 Å². The van der Waals surface area contributed by atoms with Crippen LogP contribution in [-0.4, -0.2) is 50.6 Å². The summed E-state index contributed by atoms with van der Waals surface area (Å²) in [6.45, 7) is 4.13. The molecule has 1 aromatic carbocycles. The van der Waals surface area contributed by atoms with Gasteiger partial charge >= 0.3 is 103 Å². The second-order valence-corrected chi connectivity index (χ2v) is 4.22. The zero-order valence-electron chi connectivity index (χ0n) is 12.7. The Labute approximate surface area is 209 Å². The number of benzene rings is 1. The molecule has 21 heavy (non-hydrogen) atoms. The van der Waals surface area contributed by atoms with Gasteiger partial charge in [0.05, 0.1) is 0 Å². The van der Waals surface area contributed by atoms with Crippen LogP contribution < -0.4 is 118 Å². The van der Waals surface area contributed by atoms with E-state index >= 15 is 0 Å². The number of hydrogen-bond donors (Lipinski definition) is 0. The molecule has 1 heterocycles. The zero-order chi connectivity index (χ0) is 14.3. The molecule has 0 aromatic heterocycles. The van der Waals surface area contributed by atoms with Crippen molar-refractivity contribution in [3.63, 3.8) is 0 Å². The Hall–Kier alpha value is 1.19. The minimum Gasteiger partial charge on any atom is -0.652 e. The van der Waals surface area contributed by atoms with Crippen LogP contribution in [0, 0.1) is 0 Å². The summed E-state index contributed by atoms with van der Waals surface area (Å²) in [6, 6.07) is 7.79. The van der Waals surface area contributed by atoms with Crippen LogP contribution in [0.15, 0.2) is 24.3 Å². The topological polar surface area (TPSA) is 86.7 Å². The summed E-state index contributed by atoms with van der Waals surface area (Å²) in [6.07, 6.45) is -1.40. The Morgan fingerprint density at radius 1 is 1.10 bits per heavy atom. The molecule has 0 saturated carbocycles. The molecule has 104 valence electrons. The van der Waals surface area contributed by atoms with Crippen LogP contribution in [0.25, 0.3) is 0 Å². The molecule has 1 aromatic rings. The maximum absolute atomic E-state index is 10.9. The average molecular weight is 342 g/mol. The van der Waals surface area contributed by atoms with E-state index in [0.717, 1.165) is 43.7 Å². The van der Waals surface area contributed by atoms with Gasteiger partial charge in [0, 0.05) is 37.4 Å². The van der Waals surface area contributed by atoms with Gasteiger partial charge in [-0.25, -0.2) is 0 Å². The summed E-state index contributed by atoms with van der Waals surface area (Å²) >= 11 is 0. The quantitative estimate of drug-likeness (QED) is 0.392. The van der Waals surface area contributed by atoms with Crippen LogP contribution in [0.4, 0.5) is 10.5 Å². The zero-order valence-corrected chi connectivity index (χ0v) is 19.0. The first-order chi connectivity index (χ1) is 9.04. The predicted octanol–water partition coefficient (Wildman–Crippen LogP) is -7.19. The molecule has 1 saturated heterocycles. The molecule has 0 aliphatic carbocycles. The summed E-state index contributed by atoms with van der Waals surface area (Å²) < 4.78 is 0. The molecule has 1 aliphatic heterocycles. The standard InChI is InChI=1S/C12H16N2O.CH2O3.2K/c1-13-6-8-14(9-7-13)12-5-3-2-4-11(12)10-15;2-1(3)4;;/h2-5,10H,6-9H2,1H3;(H2,2,3,4);;/q;;2*+1/p-2. The van der Waals surface area contributed by atoms with E-state index in [1.165, 1.54) is 0 Å². The van der Waals surface area contributed by atoms with E-state index in [1.807, 2.05) is 24.3 Å². The SMILES string of the molecule is CN1CCN(c2ccccc2C=O)CC1.O=C([O-])[O-].[K+].[K+]. The fourth-order valence-corrected chi connectivity index (χ4v) is 1.92. The first kappa shape index (κ1) is 24.4. The Balaban J connectivity index is 0. The third-order valence-electron chi connectivity index (χ3n) is 2.91. The number of anilines is 1. The van der Waals surface area contributed by atoms with Gasteiger partial charge in [-0.3, -0.25) is 4.79 Å². The molecule has 1 fully saturated rings. The van der Waals surface area contributed by atoms with Gasteiger partial charge in [-0.1, -0.05) is 12.1 Å². The fraction of sp³-hybridized carbons (Fsp3) is 0.385. The minimum atomic E-state index is -2.33. The van der Waals surface area contributed by atoms with Gasteiger partial charge in [0.1, 0.15) is 0 Å². The second-order valence-electron chi connectivity index (χ2n) is 4.22. The smallest absolute Gasteiger partial charge is 0.652 e. The Bertz CT molecular complexity index is 434. The number of rotatable bonds is 2. The summed E-state index contributed by atoms with van der Waals surface area (Å²) in [5, 5.41) is 16.7. The molecule has 6 nitrogen and oxygen atoms in total. The van der Waals surface area contributed by atoms with Crippen molar-refractivity contribution in [1.82, 2.24) is 4.90 Å². The molecule has 1 aliphatic rings. The molecule has 2 rings (SSSR count). The Morgan fingerprint density at radius 3 is 2.05 bits per heavy atom. The van der Waals surface area contributed by atoms with E-state index in [4.69, 9.17) is 15.0 Å².